The molecule has 4 nitrogen and oxygen atoms in total. The summed E-state index contributed by atoms with van der Waals surface area (Å²) in [5, 5.41) is 4.29. The lowest BCUT2D eigenvalue weighted by atomic mass is 9.90. The van der Waals surface area contributed by atoms with Crippen LogP contribution < -0.4 is 0 Å². The van der Waals surface area contributed by atoms with Crippen LogP contribution in [0.2, 0.25) is 0 Å². The molecule has 1 aliphatic rings. The van der Waals surface area contributed by atoms with E-state index in [1.54, 1.807) is 4.59 Å². The molecule has 1 aromatic heterocycles. The topological polar surface area (TPSA) is 36.3 Å². The average molecular weight is 208 g/mol. The second-order valence-electron chi connectivity index (χ2n) is 5.00. The van der Waals surface area contributed by atoms with Crippen molar-refractivity contribution in [3.8, 4) is 0 Å². The molecule has 0 atom stereocenters. The van der Waals surface area contributed by atoms with Crippen molar-refractivity contribution in [1.29, 1.82) is 0 Å². The molecule has 0 bridgehead atoms. The van der Waals surface area contributed by atoms with Crippen molar-refractivity contribution in [2.45, 2.75) is 45.8 Å². The number of hydrogen-bond acceptors (Lipinski definition) is 3. The highest BCUT2D eigenvalue weighted by Gasteiger charge is 2.53. The van der Waals surface area contributed by atoms with E-state index in [4.69, 9.17) is 9.31 Å². The van der Waals surface area contributed by atoms with Gasteiger partial charge in [0.15, 0.2) is 0 Å². The van der Waals surface area contributed by atoms with Gasteiger partial charge >= 0.3 is 7.25 Å². The molecule has 0 aromatic carbocycles. The van der Waals surface area contributed by atoms with Gasteiger partial charge in [0.25, 0.3) is 0 Å². The van der Waals surface area contributed by atoms with Crippen molar-refractivity contribution in [1.82, 2.24) is 9.69 Å². The minimum Gasteiger partial charge on any atom is -0.383 e. The zero-order valence-corrected chi connectivity index (χ0v) is 9.94. The number of nitrogens with zero attached hydrogens (tertiary/aromatic N) is 2. The van der Waals surface area contributed by atoms with Crippen molar-refractivity contribution in [2.24, 2.45) is 0 Å². The van der Waals surface area contributed by atoms with Gasteiger partial charge in [-0.2, -0.15) is 5.10 Å². The number of hydrogen-bond donors (Lipinski definition) is 0. The fraction of sp³-hybridized carbons (Fsp3) is 0.700. The van der Waals surface area contributed by atoms with Crippen LogP contribution in [-0.2, 0) is 9.31 Å². The molecule has 0 N–H and O–H groups in total. The maximum atomic E-state index is 5.84. The molecule has 15 heavy (non-hydrogen) atoms. The largest absolute Gasteiger partial charge is 0.615 e. The molecule has 0 saturated carbocycles. The fourth-order valence-electron chi connectivity index (χ4n) is 1.47. The fourth-order valence-corrected chi connectivity index (χ4v) is 1.47. The zero-order chi connectivity index (χ0) is 11.3. The minimum absolute atomic E-state index is 0.308. The molecule has 1 saturated heterocycles. The number of aryl methyl sites for hydroxylation is 1. The second-order valence-corrected chi connectivity index (χ2v) is 5.00. The van der Waals surface area contributed by atoms with Crippen molar-refractivity contribution >= 4 is 7.25 Å². The maximum absolute atomic E-state index is 5.84. The van der Waals surface area contributed by atoms with Gasteiger partial charge in [-0.05, 0) is 40.7 Å². The third-order valence-electron chi connectivity index (χ3n) is 3.20. The monoisotopic (exact) mass is 208 g/mol. The molecule has 82 valence electrons. The molecule has 2 heterocycles. The van der Waals surface area contributed by atoms with Crippen LogP contribution >= 0.6 is 0 Å². The van der Waals surface area contributed by atoms with Gasteiger partial charge in [-0.15, -0.1) is 0 Å². The van der Waals surface area contributed by atoms with Crippen LogP contribution in [0.3, 0.4) is 0 Å². The Morgan fingerprint density at radius 3 is 2.13 bits per heavy atom. The highest BCUT2D eigenvalue weighted by atomic mass is 16.7. The van der Waals surface area contributed by atoms with Crippen LogP contribution in [-0.4, -0.2) is 28.1 Å². The Hall–Kier alpha value is -0.805. The predicted octanol–water partition coefficient (Wildman–Crippen LogP) is 1.63. The van der Waals surface area contributed by atoms with Crippen molar-refractivity contribution < 1.29 is 9.31 Å². The second kappa shape index (κ2) is 3.09. The van der Waals surface area contributed by atoms with Gasteiger partial charge in [0.05, 0.1) is 16.9 Å². The summed E-state index contributed by atoms with van der Waals surface area (Å²) in [5.74, 6) is 0. The molecule has 1 aliphatic heterocycles. The molecule has 1 fully saturated rings. The smallest absolute Gasteiger partial charge is 0.383 e. The first-order chi connectivity index (χ1) is 6.82. The van der Waals surface area contributed by atoms with Gasteiger partial charge in [-0.25, -0.2) is 0 Å². The van der Waals surface area contributed by atoms with Gasteiger partial charge in [-0.3, -0.25) is 4.59 Å². The summed E-state index contributed by atoms with van der Waals surface area (Å²) < 4.78 is 13.4. The zero-order valence-electron chi connectivity index (χ0n) is 9.94. The van der Waals surface area contributed by atoms with Gasteiger partial charge in [0.2, 0.25) is 0 Å². The first-order valence-electron chi connectivity index (χ1n) is 5.19. The summed E-state index contributed by atoms with van der Waals surface area (Å²) in [6.45, 7) is 10.1. The number of rotatable bonds is 1. The summed E-state index contributed by atoms with van der Waals surface area (Å²) in [7, 11) is -0.413. The van der Waals surface area contributed by atoms with E-state index in [0.29, 0.717) is 0 Å². The summed E-state index contributed by atoms with van der Waals surface area (Å²) >= 11 is 0. The maximum Gasteiger partial charge on any atom is 0.615 e. The third kappa shape index (κ3) is 1.70. The van der Waals surface area contributed by atoms with Gasteiger partial charge in [0.1, 0.15) is 0 Å². The molecule has 5 heteroatoms. The standard InChI is InChI=1S/C10H17BN2O2/c1-8-6-7-13(12-8)11-14-9(2,3)10(4,5)15-11/h6-7H,1-5H3. The highest BCUT2D eigenvalue weighted by molar-refractivity contribution is 6.43. The van der Waals surface area contributed by atoms with E-state index in [2.05, 4.69) is 5.10 Å². The minimum atomic E-state index is -0.413. The number of aromatic nitrogens is 2. The first kappa shape index (κ1) is 10.7. The van der Waals surface area contributed by atoms with E-state index >= 15 is 0 Å². The van der Waals surface area contributed by atoms with Gasteiger partial charge in [0, 0.05) is 6.20 Å². The van der Waals surface area contributed by atoms with Gasteiger partial charge < -0.3 is 9.31 Å². The molecular weight excluding hydrogens is 191 g/mol. The lowest BCUT2D eigenvalue weighted by molar-refractivity contribution is 0.00578. The summed E-state index contributed by atoms with van der Waals surface area (Å²) in [5.41, 5.74) is 0.347. The van der Waals surface area contributed by atoms with E-state index in [0.717, 1.165) is 5.69 Å². The van der Waals surface area contributed by atoms with Crippen LogP contribution in [0.15, 0.2) is 12.3 Å². The molecule has 0 aliphatic carbocycles. The molecular formula is C10H17BN2O2. The Kier molecular flexibility index (Phi) is 2.21. The Labute approximate surface area is 90.7 Å². The molecule has 0 radical (unpaired) electrons. The van der Waals surface area contributed by atoms with Crippen molar-refractivity contribution in [3.63, 3.8) is 0 Å². The lowest BCUT2D eigenvalue weighted by Crippen LogP contribution is -2.41. The summed E-state index contributed by atoms with van der Waals surface area (Å²) in [6.07, 6.45) is 1.87. The molecule has 0 unspecified atom stereocenters. The summed E-state index contributed by atoms with van der Waals surface area (Å²) in [4.78, 5) is 0. The molecule has 0 spiro atoms. The van der Waals surface area contributed by atoms with E-state index < -0.39 is 7.25 Å². The molecule has 1 aromatic rings. The Balaban J connectivity index is 2.23. The third-order valence-corrected chi connectivity index (χ3v) is 3.20. The van der Waals surface area contributed by atoms with Crippen LogP contribution in [0, 0.1) is 6.92 Å². The Bertz CT molecular complexity index is 357. The van der Waals surface area contributed by atoms with E-state index in [1.165, 1.54) is 0 Å². The lowest BCUT2D eigenvalue weighted by Gasteiger charge is -2.32. The van der Waals surface area contributed by atoms with Crippen LogP contribution in [0.5, 0.6) is 0 Å². The van der Waals surface area contributed by atoms with Crippen LogP contribution in [0.1, 0.15) is 33.4 Å². The van der Waals surface area contributed by atoms with Crippen molar-refractivity contribution in [2.75, 3.05) is 0 Å². The summed E-state index contributed by atoms with van der Waals surface area (Å²) in [6, 6.07) is 1.94. The van der Waals surface area contributed by atoms with Gasteiger partial charge in [-0.1, -0.05) is 0 Å². The van der Waals surface area contributed by atoms with E-state index in [9.17, 15) is 0 Å². The van der Waals surface area contributed by atoms with Crippen LogP contribution in [0.25, 0.3) is 0 Å². The molecule has 2 rings (SSSR count). The Morgan fingerprint density at radius 2 is 1.73 bits per heavy atom. The normalized spacial score (nSPS) is 23.4. The average Bonchev–Trinajstić information content (AvgIpc) is 2.56. The van der Waals surface area contributed by atoms with E-state index in [1.807, 2.05) is 46.9 Å². The predicted molar refractivity (Wildman–Crippen MR) is 58.4 cm³/mol. The van der Waals surface area contributed by atoms with E-state index in [-0.39, 0.29) is 11.2 Å². The quantitative estimate of drug-likeness (QED) is 0.658. The van der Waals surface area contributed by atoms with Crippen LogP contribution in [0.4, 0.5) is 0 Å². The SMILES string of the molecule is Cc1ccn(B2OC(C)(C)C(C)(C)O2)n1. The highest BCUT2D eigenvalue weighted by Crippen LogP contribution is 2.36. The first-order valence-corrected chi connectivity index (χ1v) is 5.19. The molecule has 0 amide bonds. The van der Waals surface area contributed by atoms with Crippen molar-refractivity contribution in [3.05, 3.63) is 18.0 Å². The Morgan fingerprint density at radius 1 is 1.20 bits per heavy atom.